The number of carbonyl (C=O) groups is 1. The lowest BCUT2D eigenvalue weighted by atomic mass is 10.3. The number of rotatable bonds is 2. The summed E-state index contributed by atoms with van der Waals surface area (Å²) in [5.41, 5.74) is 0.701. The maximum Gasteiger partial charge on any atom is 0.228 e. The van der Waals surface area contributed by atoms with Gasteiger partial charge in [-0.3, -0.25) is 9.80 Å². The van der Waals surface area contributed by atoms with E-state index in [1.807, 2.05) is 18.2 Å². The van der Waals surface area contributed by atoms with Crippen LogP contribution in [0.25, 0.3) is 0 Å². The number of hydrogen-bond donors (Lipinski definition) is 1. The fraction of sp³-hybridized carbons (Fsp3) is 0. The molecule has 2 N–H and O–H groups in total. The van der Waals surface area contributed by atoms with E-state index in [0.717, 1.165) is 8.58 Å². The van der Waals surface area contributed by atoms with E-state index in [1.165, 1.54) is 0 Å². The number of nitrogens with zero attached hydrogens (tertiary/aromatic N) is 1. The summed E-state index contributed by atoms with van der Waals surface area (Å²) in [5, 5.41) is 1.04. The topological polar surface area (TPSA) is 46.3 Å². The zero-order chi connectivity index (χ0) is 8.27. The van der Waals surface area contributed by atoms with Crippen molar-refractivity contribution in [2.24, 2.45) is 5.84 Å². The van der Waals surface area contributed by atoms with E-state index < -0.39 is 0 Å². The van der Waals surface area contributed by atoms with Gasteiger partial charge in [-0.25, -0.2) is 5.84 Å². The van der Waals surface area contributed by atoms with Gasteiger partial charge < -0.3 is 0 Å². The van der Waals surface area contributed by atoms with Crippen molar-refractivity contribution < 1.29 is 4.79 Å². The first-order valence-electron chi connectivity index (χ1n) is 2.99. The second-order valence-electron chi connectivity index (χ2n) is 1.99. The minimum Gasteiger partial charge on any atom is -0.277 e. The second kappa shape index (κ2) is 3.68. The van der Waals surface area contributed by atoms with Crippen molar-refractivity contribution in [2.45, 2.75) is 0 Å². The molecule has 0 aliphatic rings. The second-order valence-corrected chi connectivity index (χ2v) is 3.24. The van der Waals surface area contributed by atoms with Crippen LogP contribution in [0.15, 0.2) is 24.3 Å². The van der Waals surface area contributed by atoms with Crippen LogP contribution in [-0.4, -0.2) is 6.41 Å². The summed E-state index contributed by atoms with van der Waals surface area (Å²) in [4.78, 5) is 10.2. The molecule has 3 nitrogen and oxygen atoms in total. The van der Waals surface area contributed by atoms with E-state index in [1.54, 1.807) is 6.07 Å². The Bertz CT molecular complexity index is 264. The van der Waals surface area contributed by atoms with Crippen LogP contribution < -0.4 is 10.9 Å². The largest absolute Gasteiger partial charge is 0.277 e. The molecular weight excluding hydrogens is 255 g/mol. The summed E-state index contributed by atoms with van der Waals surface area (Å²) in [5.74, 6) is 5.33. The van der Waals surface area contributed by atoms with Crippen LogP contribution in [0.1, 0.15) is 0 Å². The third kappa shape index (κ3) is 2.16. The molecule has 0 heterocycles. The number of benzene rings is 1. The van der Waals surface area contributed by atoms with Gasteiger partial charge in [-0.2, -0.15) is 0 Å². The Morgan fingerprint density at radius 3 is 2.82 bits per heavy atom. The van der Waals surface area contributed by atoms with Crippen molar-refractivity contribution >= 4 is 34.7 Å². The first kappa shape index (κ1) is 8.48. The highest BCUT2D eigenvalue weighted by Crippen LogP contribution is 2.13. The Hall–Kier alpha value is -0.620. The van der Waals surface area contributed by atoms with Gasteiger partial charge in [0.1, 0.15) is 0 Å². The van der Waals surface area contributed by atoms with Crippen LogP contribution >= 0.6 is 22.6 Å². The number of amides is 1. The van der Waals surface area contributed by atoms with Crippen molar-refractivity contribution in [3.8, 4) is 0 Å². The zero-order valence-corrected chi connectivity index (χ0v) is 7.86. The average molecular weight is 262 g/mol. The van der Waals surface area contributed by atoms with Gasteiger partial charge in [0.25, 0.3) is 0 Å². The molecular formula is C7H7IN2O. The number of hydrazine groups is 1. The SMILES string of the molecule is NN(C=O)c1cccc(I)c1. The Labute approximate surface area is 78.3 Å². The average Bonchev–Trinajstić information content (AvgIpc) is 2.03. The first-order valence-corrected chi connectivity index (χ1v) is 4.06. The summed E-state index contributed by atoms with van der Waals surface area (Å²) in [6.45, 7) is 0. The van der Waals surface area contributed by atoms with Crippen molar-refractivity contribution in [3.05, 3.63) is 27.8 Å². The van der Waals surface area contributed by atoms with Gasteiger partial charge in [-0.15, -0.1) is 0 Å². The fourth-order valence-corrected chi connectivity index (χ4v) is 1.22. The molecule has 0 aliphatic heterocycles. The maximum absolute atomic E-state index is 10.2. The van der Waals surface area contributed by atoms with Gasteiger partial charge >= 0.3 is 0 Å². The quantitative estimate of drug-likeness (QED) is 0.285. The Morgan fingerprint density at radius 2 is 2.27 bits per heavy atom. The lowest BCUT2D eigenvalue weighted by Crippen LogP contribution is -2.28. The van der Waals surface area contributed by atoms with Crippen molar-refractivity contribution in [1.82, 2.24) is 0 Å². The minimum atomic E-state index is 0.575. The summed E-state index contributed by atoms with van der Waals surface area (Å²) in [6, 6.07) is 7.38. The van der Waals surface area contributed by atoms with Crippen molar-refractivity contribution in [3.63, 3.8) is 0 Å². The molecule has 0 saturated carbocycles. The highest BCUT2D eigenvalue weighted by atomic mass is 127. The zero-order valence-electron chi connectivity index (χ0n) is 5.70. The molecule has 11 heavy (non-hydrogen) atoms. The van der Waals surface area contributed by atoms with Gasteiger partial charge in [0.05, 0.1) is 5.69 Å². The van der Waals surface area contributed by atoms with Gasteiger partial charge in [0.15, 0.2) is 0 Å². The Kier molecular flexibility index (Phi) is 2.84. The molecule has 1 amide bonds. The predicted octanol–water partition coefficient (Wildman–Crippen LogP) is 1.13. The van der Waals surface area contributed by atoms with E-state index >= 15 is 0 Å². The molecule has 1 aromatic rings. The molecule has 58 valence electrons. The smallest absolute Gasteiger partial charge is 0.228 e. The molecule has 4 heteroatoms. The van der Waals surface area contributed by atoms with Gasteiger partial charge in [-0.1, -0.05) is 6.07 Å². The summed E-state index contributed by atoms with van der Waals surface area (Å²) in [7, 11) is 0. The Morgan fingerprint density at radius 1 is 1.55 bits per heavy atom. The van der Waals surface area contributed by atoms with E-state index in [2.05, 4.69) is 22.6 Å². The number of carbonyl (C=O) groups excluding carboxylic acids is 1. The predicted molar refractivity (Wildman–Crippen MR) is 51.9 cm³/mol. The molecule has 0 fully saturated rings. The fourth-order valence-electron chi connectivity index (χ4n) is 0.698. The first-order chi connectivity index (χ1) is 5.24. The van der Waals surface area contributed by atoms with Gasteiger partial charge in [-0.05, 0) is 40.8 Å². The normalized spacial score (nSPS) is 9.27. The lowest BCUT2D eigenvalue weighted by Gasteiger charge is -2.09. The highest BCUT2D eigenvalue weighted by molar-refractivity contribution is 14.1. The van der Waals surface area contributed by atoms with Crippen molar-refractivity contribution in [2.75, 3.05) is 5.01 Å². The van der Waals surface area contributed by atoms with E-state index in [4.69, 9.17) is 5.84 Å². The third-order valence-electron chi connectivity index (χ3n) is 1.22. The molecule has 0 aliphatic carbocycles. The van der Waals surface area contributed by atoms with Gasteiger partial charge in [0, 0.05) is 3.57 Å². The highest BCUT2D eigenvalue weighted by Gasteiger charge is 1.97. The van der Waals surface area contributed by atoms with E-state index in [-0.39, 0.29) is 0 Å². The molecule has 0 atom stereocenters. The molecule has 0 unspecified atom stereocenters. The van der Waals surface area contributed by atoms with Crippen LogP contribution in [0, 0.1) is 3.57 Å². The molecule has 0 spiro atoms. The van der Waals surface area contributed by atoms with Crippen LogP contribution in [0.5, 0.6) is 0 Å². The number of nitrogens with two attached hydrogens (primary N) is 1. The molecule has 1 rings (SSSR count). The summed E-state index contributed by atoms with van der Waals surface area (Å²) in [6.07, 6.45) is 0.575. The molecule has 0 radical (unpaired) electrons. The number of hydrogen-bond acceptors (Lipinski definition) is 2. The lowest BCUT2D eigenvalue weighted by molar-refractivity contribution is -0.107. The standard InChI is InChI=1S/C7H7IN2O/c8-6-2-1-3-7(4-6)10(9)5-11/h1-5H,9H2. The van der Waals surface area contributed by atoms with E-state index in [9.17, 15) is 4.79 Å². The van der Waals surface area contributed by atoms with Crippen LogP contribution in [-0.2, 0) is 4.79 Å². The molecule has 1 aromatic carbocycles. The maximum atomic E-state index is 10.2. The monoisotopic (exact) mass is 262 g/mol. The molecule has 0 bridgehead atoms. The van der Waals surface area contributed by atoms with E-state index in [0.29, 0.717) is 12.1 Å². The summed E-state index contributed by atoms with van der Waals surface area (Å²) < 4.78 is 1.05. The molecule has 0 saturated heterocycles. The van der Waals surface area contributed by atoms with Crippen LogP contribution in [0.3, 0.4) is 0 Å². The van der Waals surface area contributed by atoms with Crippen LogP contribution in [0.2, 0.25) is 0 Å². The molecule has 0 aromatic heterocycles. The number of halogens is 1. The minimum absolute atomic E-state index is 0.575. The third-order valence-corrected chi connectivity index (χ3v) is 1.89. The van der Waals surface area contributed by atoms with Crippen LogP contribution in [0.4, 0.5) is 5.69 Å². The van der Waals surface area contributed by atoms with Crippen molar-refractivity contribution in [1.29, 1.82) is 0 Å². The summed E-state index contributed by atoms with van der Waals surface area (Å²) >= 11 is 2.16. The Balaban J connectivity index is 2.95. The number of anilines is 1. The van der Waals surface area contributed by atoms with Gasteiger partial charge in [0.2, 0.25) is 6.41 Å².